The van der Waals surface area contributed by atoms with Crippen LogP contribution < -0.4 is 10.1 Å². The molecule has 2 aromatic carbocycles. The maximum Gasteiger partial charge on any atom is 0.122 e. The van der Waals surface area contributed by atoms with E-state index in [2.05, 4.69) is 49.5 Å². The van der Waals surface area contributed by atoms with Crippen LogP contribution >= 0.6 is 0 Å². The molecule has 0 atom stereocenters. The van der Waals surface area contributed by atoms with E-state index in [0.717, 1.165) is 31.7 Å². The summed E-state index contributed by atoms with van der Waals surface area (Å²) in [7, 11) is 0. The van der Waals surface area contributed by atoms with Gasteiger partial charge in [-0.15, -0.1) is 0 Å². The van der Waals surface area contributed by atoms with Gasteiger partial charge in [-0.1, -0.05) is 35.9 Å². The van der Waals surface area contributed by atoms with Gasteiger partial charge >= 0.3 is 0 Å². The predicted molar refractivity (Wildman–Crippen MR) is 85.6 cm³/mol. The van der Waals surface area contributed by atoms with Gasteiger partial charge in [0.15, 0.2) is 0 Å². The molecule has 2 aromatic rings. The second kappa shape index (κ2) is 7.59. The number of hydrogen-bond donors (Lipinski definition) is 1. The maximum atomic E-state index is 5.78. The van der Waals surface area contributed by atoms with E-state index in [1.165, 1.54) is 16.8 Å². The van der Waals surface area contributed by atoms with Gasteiger partial charge in [0, 0.05) is 12.2 Å². The van der Waals surface area contributed by atoms with Gasteiger partial charge in [-0.05, 0) is 50.5 Å². The number of anilines is 1. The molecule has 0 saturated heterocycles. The minimum absolute atomic E-state index is 0.778. The molecule has 2 rings (SSSR count). The van der Waals surface area contributed by atoms with Crippen molar-refractivity contribution in [2.45, 2.75) is 26.7 Å². The topological polar surface area (TPSA) is 21.3 Å². The van der Waals surface area contributed by atoms with Crippen molar-refractivity contribution in [2.24, 2.45) is 0 Å². The Balaban J connectivity index is 1.60. The van der Waals surface area contributed by atoms with Crippen molar-refractivity contribution in [3.8, 4) is 5.75 Å². The van der Waals surface area contributed by atoms with Crippen molar-refractivity contribution in [1.82, 2.24) is 0 Å². The molecule has 0 fully saturated rings. The molecule has 2 heteroatoms. The molecule has 0 heterocycles. The average molecular weight is 269 g/mol. The second-order valence-electron chi connectivity index (χ2n) is 5.11. The van der Waals surface area contributed by atoms with E-state index in [1.54, 1.807) is 0 Å². The number of benzene rings is 2. The third-order valence-electron chi connectivity index (χ3n) is 3.30. The predicted octanol–water partition coefficient (Wildman–Crippen LogP) is 4.57. The summed E-state index contributed by atoms with van der Waals surface area (Å²) in [5, 5.41) is 3.43. The van der Waals surface area contributed by atoms with Crippen molar-refractivity contribution >= 4 is 5.69 Å². The molecule has 20 heavy (non-hydrogen) atoms. The Morgan fingerprint density at radius 3 is 2.40 bits per heavy atom. The van der Waals surface area contributed by atoms with Gasteiger partial charge in [0.05, 0.1) is 6.61 Å². The number of ether oxygens (including phenoxy) is 1. The summed E-state index contributed by atoms with van der Waals surface area (Å²) < 4.78 is 5.78. The molecule has 0 aromatic heterocycles. The first-order chi connectivity index (χ1) is 9.75. The average Bonchev–Trinajstić information content (AvgIpc) is 2.46. The molecular formula is C18H23NO. The highest BCUT2D eigenvalue weighted by Crippen LogP contribution is 2.16. The molecule has 0 radical (unpaired) electrons. The van der Waals surface area contributed by atoms with Crippen LogP contribution in [0.5, 0.6) is 5.75 Å². The number of para-hydroxylation sites is 1. The van der Waals surface area contributed by atoms with E-state index >= 15 is 0 Å². The van der Waals surface area contributed by atoms with Crippen LogP contribution in [0.25, 0.3) is 0 Å². The fourth-order valence-electron chi connectivity index (χ4n) is 2.03. The molecule has 0 aliphatic heterocycles. The Morgan fingerprint density at radius 2 is 1.65 bits per heavy atom. The Labute approximate surface area is 121 Å². The lowest BCUT2D eigenvalue weighted by Gasteiger charge is -2.09. The number of unbranched alkanes of at least 4 members (excludes halogenated alkanes) is 1. The van der Waals surface area contributed by atoms with Crippen molar-refractivity contribution in [1.29, 1.82) is 0 Å². The first-order valence-corrected chi connectivity index (χ1v) is 7.25. The van der Waals surface area contributed by atoms with Crippen LogP contribution in [0.3, 0.4) is 0 Å². The maximum absolute atomic E-state index is 5.78. The van der Waals surface area contributed by atoms with Gasteiger partial charge in [-0.25, -0.2) is 0 Å². The highest BCUT2D eigenvalue weighted by Gasteiger charge is 1.97. The Kier molecular flexibility index (Phi) is 5.48. The van der Waals surface area contributed by atoms with Gasteiger partial charge < -0.3 is 10.1 Å². The van der Waals surface area contributed by atoms with Crippen LogP contribution in [0.4, 0.5) is 5.69 Å². The lowest BCUT2D eigenvalue weighted by molar-refractivity contribution is 0.306. The largest absolute Gasteiger partial charge is 0.493 e. The molecule has 0 amide bonds. The van der Waals surface area contributed by atoms with Gasteiger partial charge in [0.2, 0.25) is 0 Å². The zero-order chi connectivity index (χ0) is 14.2. The van der Waals surface area contributed by atoms with Crippen LogP contribution in [-0.4, -0.2) is 13.2 Å². The van der Waals surface area contributed by atoms with Gasteiger partial charge in [-0.3, -0.25) is 0 Å². The molecule has 0 unspecified atom stereocenters. The lowest BCUT2D eigenvalue weighted by Crippen LogP contribution is -2.05. The minimum atomic E-state index is 0.778. The van der Waals surface area contributed by atoms with Crippen molar-refractivity contribution < 1.29 is 4.74 Å². The number of aryl methyl sites for hydroxylation is 2. The molecule has 0 aliphatic carbocycles. The summed E-state index contributed by atoms with van der Waals surface area (Å²) in [5.74, 6) is 0.999. The number of hydrogen-bond acceptors (Lipinski definition) is 2. The van der Waals surface area contributed by atoms with E-state index in [4.69, 9.17) is 4.74 Å². The molecule has 0 saturated carbocycles. The third-order valence-corrected chi connectivity index (χ3v) is 3.30. The van der Waals surface area contributed by atoms with Crippen LogP contribution in [-0.2, 0) is 0 Å². The Bertz CT molecular complexity index is 519. The fraction of sp³-hybridized carbons (Fsp3) is 0.333. The molecule has 1 N–H and O–H groups in total. The molecule has 0 bridgehead atoms. The Morgan fingerprint density at radius 1 is 0.900 bits per heavy atom. The number of rotatable bonds is 7. The first-order valence-electron chi connectivity index (χ1n) is 7.25. The van der Waals surface area contributed by atoms with Gasteiger partial charge in [0.25, 0.3) is 0 Å². The zero-order valence-electron chi connectivity index (χ0n) is 12.4. The molecule has 106 valence electrons. The molecular weight excluding hydrogens is 246 g/mol. The SMILES string of the molecule is Cc1ccc(NCCCCOc2ccccc2C)cc1. The first kappa shape index (κ1) is 14.4. The highest BCUT2D eigenvalue weighted by molar-refractivity contribution is 5.44. The van der Waals surface area contributed by atoms with E-state index in [9.17, 15) is 0 Å². The smallest absolute Gasteiger partial charge is 0.122 e. The van der Waals surface area contributed by atoms with Crippen LogP contribution in [0.2, 0.25) is 0 Å². The van der Waals surface area contributed by atoms with Gasteiger partial charge in [-0.2, -0.15) is 0 Å². The summed E-state index contributed by atoms with van der Waals surface area (Å²) >= 11 is 0. The third kappa shape index (κ3) is 4.61. The Hall–Kier alpha value is -1.96. The highest BCUT2D eigenvalue weighted by atomic mass is 16.5. The standard InChI is InChI=1S/C18H23NO/c1-15-9-11-17(12-10-15)19-13-5-6-14-20-18-8-4-3-7-16(18)2/h3-4,7-12,19H,5-6,13-14H2,1-2H3. The normalized spacial score (nSPS) is 10.3. The van der Waals surface area contributed by atoms with E-state index in [1.807, 2.05) is 18.2 Å². The summed E-state index contributed by atoms with van der Waals surface area (Å²) in [6, 6.07) is 16.7. The van der Waals surface area contributed by atoms with E-state index < -0.39 is 0 Å². The summed E-state index contributed by atoms with van der Waals surface area (Å²) in [4.78, 5) is 0. The fourth-order valence-corrected chi connectivity index (χ4v) is 2.03. The van der Waals surface area contributed by atoms with Crippen LogP contribution in [0.15, 0.2) is 48.5 Å². The monoisotopic (exact) mass is 269 g/mol. The van der Waals surface area contributed by atoms with Crippen LogP contribution in [0.1, 0.15) is 24.0 Å². The van der Waals surface area contributed by atoms with E-state index in [-0.39, 0.29) is 0 Å². The quantitative estimate of drug-likeness (QED) is 0.743. The summed E-state index contributed by atoms with van der Waals surface area (Å²) in [5.41, 5.74) is 3.68. The molecule has 0 spiro atoms. The molecule has 2 nitrogen and oxygen atoms in total. The lowest BCUT2D eigenvalue weighted by atomic mass is 10.2. The van der Waals surface area contributed by atoms with Crippen molar-refractivity contribution in [2.75, 3.05) is 18.5 Å². The second-order valence-corrected chi connectivity index (χ2v) is 5.11. The zero-order valence-corrected chi connectivity index (χ0v) is 12.4. The van der Waals surface area contributed by atoms with Crippen molar-refractivity contribution in [3.05, 3.63) is 59.7 Å². The number of nitrogens with one attached hydrogen (secondary N) is 1. The van der Waals surface area contributed by atoms with E-state index in [0.29, 0.717) is 0 Å². The summed E-state index contributed by atoms with van der Waals surface area (Å²) in [6.45, 7) is 5.95. The molecule has 0 aliphatic rings. The van der Waals surface area contributed by atoms with Gasteiger partial charge in [0.1, 0.15) is 5.75 Å². The summed E-state index contributed by atoms with van der Waals surface area (Å²) in [6.07, 6.45) is 2.17. The van der Waals surface area contributed by atoms with Crippen molar-refractivity contribution in [3.63, 3.8) is 0 Å². The minimum Gasteiger partial charge on any atom is -0.493 e. The van der Waals surface area contributed by atoms with Crippen LogP contribution in [0, 0.1) is 13.8 Å².